The van der Waals surface area contributed by atoms with Gasteiger partial charge in [0.05, 0.1) is 17.6 Å². The Morgan fingerprint density at radius 1 is 1.25 bits per heavy atom. The van der Waals surface area contributed by atoms with Gasteiger partial charge in [0.25, 0.3) is 5.69 Å². The van der Waals surface area contributed by atoms with Gasteiger partial charge >= 0.3 is 5.97 Å². The highest BCUT2D eigenvalue weighted by atomic mass is 32.1. The third-order valence-corrected chi connectivity index (χ3v) is 5.01. The van der Waals surface area contributed by atoms with Gasteiger partial charge in [0.2, 0.25) is 0 Å². The number of nitrogens with zero attached hydrogens (tertiary/aromatic N) is 2. The molecule has 1 aliphatic heterocycles. The van der Waals surface area contributed by atoms with Crippen LogP contribution in [0.1, 0.15) is 30.9 Å². The maximum absolute atomic E-state index is 12.6. The molecule has 144 valence electrons. The van der Waals surface area contributed by atoms with E-state index in [1.165, 1.54) is 19.2 Å². The summed E-state index contributed by atoms with van der Waals surface area (Å²) in [6.07, 6.45) is 1.63. The van der Waals surface area contributed by atoms with E-state index in [1.807, 2.05) is 13.0 Å². The quantitative estimate of drug-likeness (QED) is 0.352. The molecule has 7 nitrogen and oxygen atoms in total. The van der Waals surface area contributed by atoms with E-state index in [-0.39, 0.29) is 5.69 Å². The van der Waals surface area contributed by atoms with E-state index in [1.54, 1.807) is 31.3 Å². The van der Waals surface area contributed by atoms with Crippen molar-refractivity contribution < 1.29 is 14.5 Å². The third kappa shape index (κ3) is 3.50. The maximum Gasteiger partial charge on any atom is 0.336 e. The summed E-state index contributed by atoms with van der Waals surface area (Å²) >= 11 is 4.47. The summed E-state index contributed by atoms with van der Waals surface area (Å²) in [5.41, 5.74) is 3.90. The number of allylic oxidation sites excluding steroid dienone is 3. The van der Waals surface area contributed by atoms with Crippen molar-refractivity contribution in [1.29, 1.82) is 0 Å². The summed E-state index contributed by atoms with van der Waals surface area (Å²) in [5, 5.41) is 15.0. The fraction of sp³-hybridized carbons (Fsp3) is 0.200. The first-order chi connectivity index (χ1) is 13.3. The largest absolute Gasteiger partial charge is 0.466 e. The number of rotatable bonds is 4. The molecule has 2 heterocycles. The number of pyridine rings is 1. The van der Waals surface area contributed by atoms with E-state index in [0.29, 0.717) is 21.9 Å². The highest BCUT2D eigenvalue weighted by molar-refractivity contribution is 7.80. The Morgan fingerprint density at radius 3 is 2.64 bits per heavy atom. The van der Waals surface area contributed by atoms with Gasteiger partial charge in [-0.3, -0.25) is 10.1 Å². The second kappa shape index (κ2) is 7.85. The number of dihydropyridines is 1. The number of esters is 1. The molecule has 1 aromatic carbocycles. The number of hydrogen-bond donors (Lipinski definition) is 2. The predicted octanol–water partition coefficient (Wildman–Crippen LogP) is 3.84. The van der Waals surface area contributed by atoms with Crippen molar-refractivity contribution in [3.63, 3.8) is 0 Å². The first-order valence-electron chi connectivity index (χ1n) is 8.50. The summed E-state index contributed by atoms with van der Waals surface area (Å²) in [5.74, 6) is -1.07. The van der Waals surface area contributed by atoms with Crippen LogP contribution >= 0.6 is 12.6 Å². The Bertz CT molecular complexity index is 1030. The second-order valence-electron chi connectivity index (χ2n) is 6.35. The lowest BCUT2D eigenvalue weighted by Gasteiger charge is -2.32. The van der Waals surface area contributed by atoms with Gasteiger partial charge < -0.3 is 10.1 Å². The number of aromatic nitrogens is 1. The first kappa shape index (κ1) is 19.6. The van der Waals surface area contributed by atoms with Crippen molar-refractivity contribution >= 4 is 29.9 Å². The first-order valence-corrected chi connectivity index (χ1v) is 8.95. The molecular weight excluding hydrogens is 378 g/mol. The summed E-state index contributed by atoms with van der Waals surface area (Å²) in [4.78, 5) is 27.7. The lowest BCUT2D eigenvalue weighted by atomic mass is 9.78. The Balaban J connectivity index is 2.30. The van der Waals surface area contributed by atoms with E-state index in [4.69, 9.17) is 4.74 Å². The standard InChI is InChI=1S/C20H19N3O4S/c1-11-16(15-8-5-9-21-19(15)28)18(17(12(2)22-11)20(24)27-3)13-6-4-7-14(10-13)23(25)26/h4-10,18,22H,1-3H3,(H,21,28). The van der Waals surface area contributed by atoms with E-state index in [2.05, 4.69) is 22.9 Å². The number of non-ortho nitro benzene ring substituents is 1. The molecule has 0 bridgehead atoms. The minimum absolute atomic E-state index is 0.0489. The van der Waals surface area contributed by atoms with Crippen LogP contribution in [-0.2, 0) is 9.53 Å². The maximum atomic E-state index is 12.6. The molecule has 2 aromatic rings. The zero-order valence-corrected chi connectivity index (χ0v) is 16.5. The minimum Gasteiger partial charge on any atom is -0.466 e. The molecule has 0 spiro atoms. The summed E-state index contributed by atoms with van der Waals surface area (Å²) in [6.45, 7) is 3.67. The molecule has 0 radical (unpaired) electrons. The molecule has 28 heavy (non-hydrogen) atoms. The van der Waals surface area contributed by atoms with Crippen molar-refractivity contribution in [2.75, 3.05) is 7.11 Å². The average Bonchev–Trinajstić information content (AvgIpc) is 2.68. The number of carbonyl (C=O) groups is 1. The van der Waals surface area contributed by atoms with Crippen LogP contribution in [0.25, 0.3) is 5.57 Å². The molecule has 0 saturated heterocycles. The van der Waals surface area contributed by atoms with Crippen LogP contribution in [0.2, 0.25) is 0 Å². The fourth-order valence-electron chi connectivity index (χ4n) is 3.49. The van der Waals surface area contributed by atoms with Gasteiger partial charge in [-0.1, -0.05) is 18.2 Å². The SMILES string of the molecule is COC(=O)C1=C(C)NC(C)=C(c2cccnc2S)C1c1cccc([N+](=O)[O-])c1. The molecule has 0 saturated carbocycles. The molecule has 1 unspecified atom stereocenters. The van der Waals surface area contributed by atoms with Gasteiger partial charge in [-0.15, -0.1) is 12.6 Å². The van der Waals surface area contributed by atoms with Crippen molar-refractivity contribution in [2.24, 2.45) is 0 Å². The highest BCUT2D eigenvalue weighted by Gasteiger charge is 2.35. The van der Waals surface area contributed by atoms with E-state index < -0.39 is 16.8 Å². The zero-order chi connectivity index (χ0) is 20.4. The summed E-state index contributed by atoms with van der Waals surface area (Å²) in [7, 11) is 1.31. The number of ether oxygens (including phenoxy) is 1. The molecule has 0 aliphatic carbocycles. The van der Waals surface area contributed by atoms with Crippen LogP contribution in [0.3, 0.4) is 0 Å². The number of thiol groups is 1. The molecule has 0 fully saturated rings. The number of methoxy groups -OCH3 is 1. The topological polar surface area (TPSA) is 94.4 Å². The molecule has 3 rings (SSSR count). The van der Waals surface area contributed by atoms with E-state index >= 15 is 0 Å². The van der Waals surface area contributed by atoms with Gasteiger partial charge in [-0.2, -0.15) is 0 Å². The van der Waals surface area contributed by atoms with Gasteiger partial charge in [0.15, 0.2) is 0 Å². The molecule has 1 aliphatic rings. The molecule has 1 N–H and O–H groups in total. The Kier molecular flexibility index (Phi) is 5.51. The smallest absolute Gasteiger partial charge is 0.336 e. The number of carbonyl (C=O) groups excluding carboxylic acids is 1. The fourth-order valence-corrected chi connectivity index (χ4v) is 3.75. The van der Waals surface area contributed by atoms with Crippen molar-refractivity contribution in [3.8, 4) is 0 Å². The highest BCUT2D eigenvalue weighted by Crippen LogP contribution is 2.45. The zero-order valence-electron chi connectivity index (χ0n) is 15.6. The van der Waals surface area contributed by atoms with Crippen LogP contribution < -0.4 is 5.32 Å². The second-order valence-corrected chi connectivity index (χ2v) is 6.78. The number of nitro groups is 1. The van der Waals surface area contributed by atoms with Crippen molar-refractivity contribution in [2.45, 2.75) is 24.8 Å². The lowest BCUT2D eigenvalue weighted by Crippen LogP contribution is -2.28. The molecule has 0 amide bonds. The van der Waals surface area contributed by atoms with Gasteiger partial charge in [-0.25, -0.2) is 9.78 Å². The van der Waals surface area contributed by atoms with Gasteiger partial charge in [0.1, 0.15) is 5.03 Å². The van der Waals surface area contributed by atoms with Crippen molar-refractivity contribution in [3.05, 3.63) is 80.8 Å². The van der Waals surface area contributed by atoms with Crippen LogP contribution in [0.15, 0.2) is 64.6 Å². The van der Waals surface area contributed by atoms with E-state index in [0.717, 1.165) is 16.8 Å². The third-order valence-electron chi connectivity index (χ3n) is 4.66. The van der Waals surface area contributed by atoms with Crippen molar-refractivity contribution in [1.82, 2.24) is 10.3 Å². The molecule has 1 atom stereocenters. The van der Waals surface area contributed by atoms with Crippen LogP contribution in [0.4, 0.5) is 5.69 Å². The number of hydrogen-bond acceptors (Lipinski definition) is 7. The van der Waals surface area contributed by atoms with Crippen LogP contribution in [0, 0.1) is 10.1 Å². The van der Waals surface area contributed by atoms with E-state index in [9.17, 15) is 14.9 Å². The Labute approximate surface area is 167 Å². The van der Waals surface area contributed by atoms with Crippen LogP contribution in [-0.4, -0.2) is 23.0 Å². The average molecular weight is 397 g/mol. The predicted molar refractivity (Wildman–Crippen MR) is 108 cm³/mol. The van der Waals surface area contributed by atoms with Gasteiger partial charge in [-0.05, 0) is 31.1 Å². The summed E-state index contributed by atoms with van der Waals surface area (Å²) in [6, 6.07) is 9.91. The Morgan fingerprint density at radius 2 is 2.00 bits per heavy atom. The number of nitrogens with one attached hydrogen (secondary N) is 1. The minimum atomic E-state index is -0.566. The monoisotopic (exact) mass is 397 g/mol. The lowest BCUT2D eigenvalue weighted by molar-refractivity contribution is -0.384. The number of benzene rings is 1. The van der Waals surface area contributed by atoms with Gasteiger partial charge in [0, 0.05) is 41.2 Å². The Hall–Kier alpha value is -3.13. The number of nitro benzene ring substituents is 1. The normalized spacial score (nSPS) is 16.6. The molecule has 8 heteroatoms. The van der Waals surface area contributed by atoms with Crippen LogP contribution in [0.5, 0.6) is 0 Å². The molecule has 1 aromatic heterocycles. The molecular formula is C20H19N3O4S. The summed E-state index contributed by atoms with van der Waals surface area (Å²) < 4.78 is 5.01.